The number of aromatic amines is 2. The average molecular weight is 1250 g/mol. The fraction of sp³-hybridized carbons (Fsp3) is 0.537. The van der Waals surface area contributed by atoms with Crippen molar-refractivity contribution in [3.05, 3.63) is 54.2 Å². The number of amides is 10. The molecule has 29 nitrogen and oxygen atoms in total. The highest BCUT2D eigenvalue weighted by Crippen LogP contribution is 2.20. The van der Waals surface area contributed by atoms with Gasteiger partial charge in [0.1, 0.15) is 42.3 Å². The summed E-state index contributed by atoms with van der Waals surface area (Å²) in [5, 5.41) is 36.2. The van der Waals surface area contributed by atoms with E-state index in [1.807, 2.05) is 38.3 Å². The number of thiocarbonyl (C=S) groups is 2. The first-order chi connectivity index (χ1) is 40.7. The molecule has 2 aromatic heterocycles. The van der Waals surface area contributed by atoms with Crippen LogP contribution in [0.3, 0.4) is 0 Å². The zero-order valence-corrected chi connectivity index (χ0v) is 52.3. The van der Waals surface area contributed by atoms with E-state index >= 15 is 0 Å². The molecule has 18 N–H and O–H groups in total. The molecule has 3 aromatic rings. The molecule has 7 atom stereocenters. The van der Waals surface area contributed by atoms with Crippen molar-refractivity contribution in [1.82, 2.24) is 79.0 Å². The second-order valence-electron chi connectivity index (χ2n) is 20.8. The molecular formula is C54H83N19O10S3. The molecule has 3 rings (SSSR count). The number of para-hydroxylation sites is 1. The van der Waals surface area contributed by atoms with Gasteiger partial charge in [-0.25, -0.2) is 4.98 Å². The van der Waals surface area contributed by atoms with Gasteiger partial charge in [-0.1, -0.05) is 45.9 Å². The number of thioether (sulfide) groups is 1. The quantitative estimate of drug-likeness (QED) is 0.0136. The van der Waals surface area contributed by atoms with Crippen LogP contribution in [0.4, 0.5) is 0 Å². The first-order valence-corrected chi connectivity index (χ1v) is 30.0. The SMILES string of the molecule is CNC(=S)N/N=C(C)/C(C)=N/NC(=S)NCCCC(=O)N[C@@H](CCC(N)=O)C(=O)N[C@@H](Cc1c[nH]c2ccccc12)C(=O)N[C@@H](C)C(=O)N[C@H](C(=O)NCC(=O)N[C@@H](Cc1c[nH]cn1)C(=O)N[C@@H](CC(C)C)C(=O)N[C@@H](CCSC)C(N)=O)C(C)C. The minimum absolute atomic E-state index is 0.0788. The third-order valence-corrected chi connectivity index (χ3v) is 14.2. The van der Waals surface area contributed by atoms with E-state index in [-0.39, 0.29) is 68.9 Å². The van der Waals surface area contributed by atoms with Crippen molar-refractivity contribution < 1.29 is 47.9 Å². The lowest BCUT2D eigenvalue weighted by Gasteiger charge is -2.26. The van der Waals surface area contributed by atoms with Crippen LogP contribution >= 0.6 is 36.2 Å². The molecule has 472 valence electrons. The van der Waals surface area contributed by atoms with Crippen LogP contribution in [-0.4, -0.2) is 170 Å². The molecule has 0 aliphatic heterocycles. The largest absolute Gasteiger partial charge is 0.370 e. The molecule has 86 heavy (non-hydrogen) atoms. The van der Waals surface area contributed by atoms with Gasteiger partial charge in [0.15, 0.2) is 10.2 Å². The van der Waals surface area contributed by atoms with Crippen molar-refractivity contribution in [2.75, 3.05) is 32.1 Å². The molecule has 0 spiro atoms. The minimum atomic E-state index is -1.37. The van der Waals surface area contributed by atoms with E-state index in [0.717, 1.165) is 10.9 Å². The summed E-state index contributed by atoms with van der Waals surface area (Å²) in [6.07, 6.45) is 6.31. The predicted molar refractivity (Wildman–Crippen MR) is 335 cm³/mol. The molecule has 1 aromatic carbocycles. The summed E-state index contributed by atoms with van der Waals surface area (Å²) in [6.45, 7) is 11.3. The summed E-state index contributed by atoms with van der Waals surface area (Å²) in [6, 6.07) is -1.41. The van der Waals surface area contributed by atoms with Gasteiger partial charge >= 0.3 is 0 Å². The molecule has 0 aliphatic rings. The molecule has 0 saturated heterocycles. The molecule has 2 heterocycles. The van der Waals surface area contributed by atoms with E-state index in [2.05, 4.69) is 89.2 Å². The highest BCUT2D eigenvalue weighted by Gasteiger charge is 2.34. The number of carbonyl (C=O) groups excluding carboxylic acids is 10. The third-order valence-electron chi connectivity index (χ3n) is 13.0. The van der Waals surface area contributed by atoms with Crippen molar-refractivity contribution in [3.63, 3.8) is 0 Å². The lowest BCUT2D eigenvalue weighted by molar-refractivity contribution is -0.135. The number of nitrogens with zero attached hydrogens (tertiary/aromatic N) is 3. The molecule has 0 aliphatic carbocycles. The van der Waals surface area contributed by atoms with Crippen LogP contribution in [0.15, 0.2) is 53.2 Å². The Morgan fingerprint density at radius 2 is 1.27 bits per heavy atom. The summed E-state index contributed by atoms with van der Waals surface area (Å²) in [7, 11) is 1.65. The number of hydrogen-bond donors (Lipinski definition) is 16. The van der Waals surface area contributed by atoms with E-state index in [4.69, 9.17) is 35.9 Å². The highest BCUT2D eigenvalue weighted by molar-refractivity contribution is 7.98. The van der Waals surface area contributed by atoms with Crippen molar-refractivity contribution in [1.29, 1.82) is 0 Å². The van der Waals surface area contributed by atoms with E-state index < -0.39 is 114 Å². The van der Waals surface area contributed by atoms with Crippen LogP contribution in [-0.2, 0) is 60.8 Å². The smallest absolute Gasteiger partial charge is 0.243 e. The maximum Gasteiger partial charge on any atom is 0.243 e. The van der Waals surface area contributed by atoms with Crippen LogP contribution in [0.2, 0.25) is 0 Å². The summed E-state index contributed by atoms with van der Waals surface area (Å²) < 4.78 is 0. The summed E-state index contributed by atoms with van der Waals surface area (Å²) in [5.41, 5.74) is 19.2. The predicted octanol–water partition coefficient (Wildman–Crippen LogP) is -1.50. The van der Waals surface area contributed by atoms with Gasteiger partial charge in [0, 0.05) is 62.6 Å². The van der Waals surface area contributed by atoms with Crippen molar-refractivity contribution >= 4 is 128 Å². The Hall–Kier alpha value is -8.26. The van der Waals surface area contributed by atoms with Gasteiger partial charge in [0.05, 0.1) is 30.0 Å². The Morgan fingerprint density at radius 3 is 1.88 bits per heavy atom. The number of rotatable bonds is 36. The van der Waals surface area contributed by atoms with Crippen LogP contribution in [0.5, 0.6) is 0 Å². The van der Waals surface area contributed by atoms with Gasteiger partial charge in [-0.05, 0) is 106 Å². The minimum Gasteiger partial charge on any atom is -0.370 e. The second-order valence-corrected chi connectivity index (χ2v) is 22.6. The Kier molecular flexibility index (Phi) is 31.2. The fourth-order valence-corrected chi connectivity index (χ4v) is 8.77. The number of primary amides is 2. The Morgan fingerprint density at radius 1 is 0.663 bits per heavy atom. The van der Waals surface area contributed by atoms with Gasteiger partial charge in [-0.2, -0.15) is 22.0 Å². The molecule has 0 fully saturated rings. The lowest BCUT2D eigenvalue weighted by atomic mass is 10.0. The molecule has 0 radical (unpaired) electrons. The van der Waals surface area contributed by atoms with Gasteiger partial charge in [-0.3, -0.25) is 58.8 Å². The zero-order chi connectivity index (χ0) is 64.0. The summed E-state index contributed by atoms with van der Waals surface area (Å²) in [4.78, 5) is 144. The zero-order valence-electron chi connectivity index (χ0n) is 49.8. The number of nitrogens with two attached hydrogens (primary N) is 2. The van der Waals surface area contributed by atoms with Gasteiger partial charge in [0.25, 0.3) is 0 Å². The molecule has 0 bridgehead atoms. The number of nitrogens with one attached hydrogen (secondary N) is 14. The number of fused-ring (bicyclic) bond motifs is 1. The first kappa shape index (κ1) is 72.0. The van der Waals surface area contributed by atoms with Gasteiger partial charge in [-0.15, -0.1) is 0 Å². The number of aromatic nitrogens is 3. The molecule has 0 saturated carbocycles. The summed E-state index contributed by atoms with van der Waals surface area (Å²) in [5.74, 6) is -7.55. The molecule has 32 heteroatoms. The average Bonchev–Trinajstić information content (AvgIpc) is 2.92. The normalized spacial score (nSPS) is 13.9. The number of benzene rings is 1. The van der Waals surface area contributed by atoms with Crippen molar-refractivity contribution in [2.45, 2.75) is 142 Å². The maximum atomic E-state index is 14.3. The topological polar surface area (TPSA) is 436 Å². The fourth-order valence-electron chi connectivity index (χ4n) is 8.11. The van der Waals surface area contributed by atoms with E-state index in [0.29, 0.717) is 33.5 Å². The molecular weight excluding hydrogens is 1170 g/mol. The number of hydrazone groups is 2. The Labute approximate surface area is 514 Å². The molecule has 10 amide bonds. The Balaban J connectivity index is 1.71. The maximum absolute atomic E-state index is 14.3. The van der Waals surface area contributed by atoms with Crippen LogP contribution < -0.4 is 75.5 Å². The summed E-state index contributed by atoms with van der Waals surface area (Å²) >= 11 is 11.8. The standard InChI is InChI=1S/C54H83N19O10S3/c1-28(2)21-39(50(81)66-37(46(56)77)18-20-86-9)67-51(82)41(23-34-25-58-27-62-34)65-44(76)26-61-52(83)45(29(3)4)69-47(78)32(7)63-49(80)40(22-33-24-60-36-14-11-10-13-35(33)36)68-48(79)38(16-17-42(55)74)64-43(75)15-12-19-59-54(85)73-71-31(6)30(5)70-72-53(84)57-8/h10-11,13-14,24-25,27-29,32,37-41,45,60H,12,15-23,26H2,1-9H3,(H2,55,74)(H2,56,77)(H,58,62)(H,61,83)(H,63,80)(H,64,75)(H,65,76)(H,66,81)(H,67,82)(H,68,79)(H,69,78)(H2,57,72,84)(H2,59,73,85)/b70-30+,71-31+/t32-,37-,38-,39-,40-,41-,45-/m0/s1. The number of carbonyl (C=O) groups is 10. The van der Waals surface area contributed by atoms with E-state index in [1.165, 1.54) is 31.2 Å². The number of imidazole rings is 1. The Bertz CT molecular complexity index is 2900. The third kappa shape index (κ3) is 25.9. The van der Waals surface area contributed by atoms with Crippen molar-refractivity contribution in [2.24, 2.45) is 33.5 Å². The monoisotopic (exact) mass is 1250 g/mol. The van der Waals surface area contributed by atoms with Gasteiger partial charge in [0.2, 0.25) is 59.1 Å². The highest BCUT2D eigenvalue weighted by atomic mass is 32.2. The number of H-pyrrole nitrogens is 2. The molecule has 0 unspecified atom stereocenters. The second kappa shape index (κ2) is 37.2. The van der Waals surface area contributed by atoms with Crippen LogP contribution in [0, 0.1) is 11.8 Å². The van der Waals surface area contributed by atoms with E-state index in [9.17, 15) is 47.9 Å². The van der Waals surface area contributed by atoms with Crippen LogP contribution in [0.25, 0.3) is 10.9 Å². The van der Waals surface area contributed by atoms with Gasteiger partial charge < -0.3 is 74.6 Å². The van der Waals surface area contributed by atoms with Crippen molar-refractivity contribution in [3.8, 4) is 0 Å². The first-order valence-electron chi connectivity index (χ1n) is 27.8. The lowest BCUT2D eigenvalue weighted by Crippen LogP contribution is -2.59. The number of hydrogen-bond acceptors (Lipinski definition) is 16. The van der Waals surface area contributed by atoms with Crippen LogP contribution in [0.1, 0.15) is 98.2 Å². The van der Waals surface area contributed by atoms with E-state index in [1.54, 1.807) is 47.0 Å².